The van der Waals surface area contributed by atoms with Crippen LogP contribution in [0.25, 0.3) is 11.1 Å². The quantitative estimate of drug-likeness (QED) is 0.202. The Morgan fingerprint density at radius 3 is 2.38 bits per heavy atom. The average molecular weight is 643 g/mol. The van der Waals surface area contributed by atoms with Crippen molar-refractivity contribution in [3.63, 3.8) is 0 Å². The van der Waals surface area contributed by atoms with Crippen LogP contribution in [0.5, 0.6) is 11.5 Å². The van der Waals surface area contributed by atoms with Gasteiger partial charge >= 0.3 is 6.18 Å². The first-order chi connectivity index (χ1) is 22.6. The van der Waals surface area contributed by atoms with E-state index in [4.69, 9.17) is 10.5 Å². The van der Waals surface area contributed by atoms with Gasteiger partial charge in [-0.25, -0.2) is 0 Å². The summed E-state index contributed by atoms with van der Waals surface area (Å²) in [4.78, 5) is 42.1. The Morgan fingerprint density at radius 2 is 1.64 bits per heavy atom. The number of ether oxygens (including phenoxy) is 1. The summed E-state index contributed by atoms with van der Waals surface area (Å²) < 4.78 is 44.9. The lowest BCUT2D eigenvalue weighted by molar-refractivity contribution is -0.138. The third-order valence-electron chi connectivity index (χ3n) is 8.59. The molecule has 6 rings (SSSR count). The molecule has 0 radical (unpaired) electrons. The molecule has 4 aromatic rings. The molecule has 1 aliphatic carbocycles. The highest BCUT2D eigenvalue weighted by atomic mass is 19.4. The number of carbonyl (C=O) groups is 3. The number of nitrogens with two attached hydrogens (primary N) is 1. The van der Waals surface area contributed by atoms with Crippen LogP contribution in [0.3, 0.4) is 0 Å². The molecule has 0 bridgehead atoms. The van der Waals surface area contributed by atoms with Crippen molar-refractivity contribution in [2.24, 2.45) is 0 Å². The fraction of sp³-hybridized carbons (Fsp3) is 0.250. The van der Waals surface area contributed by atoms with Crippen molar-refractivity contribution in [1.29, 1.82) is 0 Å². The third kappa shape index (κ3) is 6.38. The molecule has 11 heteroatoms. The van der Waals surface area contributed by atoms with Gasteiger partial charge in [0.05, 0.1) is 17.0 Å². The summed E-state index contributed by atoms with van der Waals surface area (Å²) in [5, 5.41) is 5.05. The number of likely N-dealkylation sites (tertiary alicyclic amines) is 1. The van der Waals surface area contributed by atoms with Crippen molar-refractivity contribution in [2.45, 2.75) is 37.9 Å². The summed E-state index contributed by atoms with van der Waals surface area (Å²) in [6, 6.07) is 24.4. The monoisotopic (exact) mass is 642 g/mol. The topological polar surface area (TPSA) is 114 Å². The van der Waals surface area contributed by atoms with Crippen molar-refractivity contribution >= 4 is 23.4 Å². The van der Waals surface area contributed by atoms with Gasteiger partial charge in [0.2, 0.25) is 5.91 Å². The highest BCUT2D eigenvalue weighted by Crippen LogP contribution is 2.49. The third-order valence-corrected chi connectivity index (χ3v) is 8.59. The molecule has 0 spiro atoms. The number of halogens is 3. The normalized spacial score (nSPS) is 16.7. The molecule has 4 aromatic carbocycles. The molecule has 3 amide bonds. The van der Waals surface area contributed by atoms with E-state index >= 15 is 0 Å². The number of hydrogen-bond acceptors (Lipinski definition) is 5. The molecule has 1 heterocycles. The second-order valence-corrected chi connectivity index (χ2v) is 11.6. The molecule has 2 aliphatic rings. The molecule has 1 saturated heterocycles. The number of nitrogens with zero attached hydrogens (tertiary/aromatic N) is 1. The molecule has 0 saturated carbocycles. The van der Waals surface area contributed by atoms with Gasteiger partial charge in [0.1, 0.15) is 18.0 Å². The van der Waals surface area contributed by atoms with Gasteiger partial charge in [0.15, 0.2) is 0 Å². The van der Waals surface area contributed by atoms with Gasteiger partial charge in [-0.15, -0.1) is 0 Å². The lowest BCUT2D eigenvalue weighted by Crippen LogP contribution is -2.38. The van der Waals surface area contributed by atoms with E-state index in [1.807, 2.05) is 30.4 Å². The molecule has 242 valence electrons. The summed E-state index contributed by atoms with van der Waals surface area (Å²) >= 11 is 0. The zero-order valence-corrected chi connectivity index (χ0v) is 25.6. The Hall–Kier alpha value is -5.32. The van der Waals surface area contributed by atoms with E-state index in [0.717, 1.165) is 0 Å². The van der Waals surface area contributed by atoms with E-state index in [-0.39, 0.29) is 35.7 Å². The number of amides is 3. The summed E-state index contributed by atoms with van der Waals surface area (Å²) in [6.45, 7) is 1.01. The average Bonchev–Trinajstić information content (AvgIpc) is 3.66. The first-order valence-electron chi connectivity index (χ1n) is 15.4. The Kier molecular flexibility index (Phi) is 8.63. The Morgan fingerprint density at radius 1 is 0.936 bits per heavy atom. The standard InChI is InChI=1S/C36H33F3N4O4/c1-2-23-30-27(24-12-6-7-13-25(24)31(30)34(45)41-20-36(37,38)39)18-28(32(23)40)35(46)43-17-16-21(19-43)42-33(44)26-14-8-9-15-29(26)47-22-10-4-3-5-11-22/h3-15,18,21,31H,2,16-17,19-20,40H2,1H3,(H,41,45)(H,42,44). The summed E-state index contributed by atoms with van der Waals surface area (Å²) in [6.07, 6.45) is -3.68. The molecule has 1 fully saturated rings. The predicted octanol–water partition coefficient (Wildman–Crippen LogP) is 6.06. The first kappa shape index (κ1) is 31.7. The molecule has 4 N–H and O–H groups in total. The van der Waals surface area contributed by atoms with Crippen molar-refractivity contribution in [2.75, 3.05) is 25.4 Å². The summed E-state index contributed by atoms with van der Waals surface area (Å²) in [7, 11) is 0. The maximum atomic E-state index is 13.9. The lowest BCUT2D eigenvalue weighted by atomic mass is 9.88. The lowest BCUT2D eigenvalue weighted by Gasteiger charge is -2.23. The van der Waals surface area contributed by atoms with Crippen LogP contribution in [0.2, 0.25) is 0 Å². The summed E-state index contributed by atoms with van der Waals surface area (Å²) in [5.41, 5.74) is 10.3. The van der Waals surface area contributed by atoms with E-state index in [1.54, 1.807) is 71.6 Å². The number of nitrogens with one attached hydrogen (secondary N) is 2. The van der Waals surface area contributed by atoms with Crippen LogP contribution in [0.15, 0.2) is 84.9 Å². The first-order valence-corrected chi connectivity index (χ1v) is 15.4. The molecule has 47 heavy (non-hydrogen) atoms. The van der Waals surface area contributed by atoms with Crippen molar-refractivity contribution in [1.82, 2.24) is 15.5 Å². The zero-order chi connectivity index (χ0) is 33.3. The maximum absolute atomic E-state index is 13.9. The summed E-state index contributed by atoms with van der Waals surface area (Å²) in [5.74, 6) is -1.43. The van der Waals surface area contributed by atoms with Crippen LogP contribution in [-0.2, 0) is 11.2 Å². The number of carbonyl (C=O) groups excluding carboxylic acids is 3. The van der Waals surface area contributed by atoms with Gasteiger partial charge in [-0.1, -0.05) is 61.5 Å². The van der Waals surface area contributed by atoms with Gasteiger partial charge in [-0.2, -0.15) is 13.2 Å². The minimum absolute atomic E-state index is 0.192. The molecule has 8 nitrogen and oxygen atoms in total. The number of benzene rings is 4. The van der Waals surface area contributed by atoms with Crippen molar-refractivity contribution in [3.05, 3.63) is 113 Å². The van der Waals surface area contributed by atoms with Crippen LogP contribution in [0.4, 0.5) is 18.9 Å². The van der Waals surface area contributed by atoms with E-state index in [1.165, 1.54) is 0 Å². The maximum Gasteiger partial charge on any atom is 0.405 e. The SMILES string of the molecule is CCc1c(N)c(C(=O)N2CCC(NC(=O)c3ccccc3Oc3ccccc3)C2)cc2c1C(C(=O)NCC(F)(F)F)c1ccccc1-2. The largest absolute Gasteiger partial charge is 0.457 e. The zero-order valence-electron chi connectivity index (χ0n) is 25.6. The van der Waals surface area contributed by atoms with Crippen LogP contribution in [0, 0.1) is 0 Å². The second kappa shape index (κ2) is 12.8. The number of anilines is 1. The molecule has 2 atom stereocenters. The van der Waals surface area contributed by atoms with E-state index in [9.17, 15) is 27.6 Å². The number of fused-ring (bicyclic) bond motifs is 3. The van der Waals surface area contributed by atoms with Crippen LogP contribution in [-0.4, -0.2) is 54.5 Å². The van der Waals surface area contributed by atoms with Crippen LogP contribution < -0.4 is 21.1 Å². The fourth-order valence-corrected chi connectivity index (χ4v) is 6.45. The Labute approximate surface area is 269 Å². The smallest absolute Gasteiger partial charge is 0.405 e. The predicted molar refractivity (Wildman–Crippen MR) is 171 cm³/mol. The highest BCUT2D eigenvalue weighted by molar-refractivity contribution is 6.05. The Bertz CT molecular complexity index is 1840. The number of rotatable bonds is 8. The van der Waals surface area contributed by atoms with E-state index in [2.05, 4.69) is 5.32 Å². The van der Waals surface area contributed by atoms with Gasteiger partial charge in [-0.05, 0) is 71.0 Å². The van der Waals surface area contributed by atoms with E-state index < -0.39 is 24.5 Å². The molecular formula is C36H33F3N4O4. The molecular weight excluding hydrogens is 609 g/mol. The molecule has 2 unspecified atom stereocenters. The minimum Gasteiger partial charge on any atom is -0.457 e. The van der Waals surface area contributed by atoms with Gasteiger partial charge in [0.25, 0.3) is 11.8 Å². The molecule has 1 aliphatic heterocycles. The minimum atomic E-state index is -4.56. The fourth-order valence-electron chi connectivity index (χ4n) is 6.45. The van der Waals surface area contributed by atoms with Crippen LogP contribution in [0.1, 0.15) is 56.7 Å². The number of hydrogen-bond donors (Lipinski definition) is 3. The number of alkyl halides is 3. The van der Waals surface area contributed by atoms with Crippen molar-refractivity contribution < 1.29 is 32.3 Å². The van der Waals surface area contributed by atoms with E-state index in [0.29, 0.717) is 64.3 Å². The number of para-hydroxylation sites is 2. The van der Waals surface area contributed by atoms with Crippen LogP contribution >= 0.6 is 0 Å². The number of nitrogen functional groups attached to an aromatic ring is 1. The Balaban J connectivity index is 1.22. The second-order valence-electron chi connectivity index (χ2n) is 11.6. The highest BCUT2D eigenvalue weighted by Gasteiger charge is 2.40. The van der Waals surface area contributed by atoms with Gasteiger partial charge < -0.3 is 26.0 Å². The van der Waals surface area contributed by atoms with Gasteiger partial charge in [0, 0.05) is 24.8 Å². The van der Waals surface area contributed by atoms with Crippen molar-refractivity contribution in [3.8, 4) is 22.6 Å². The molecule has 0 aromatic heterocycles. The van der Waals surface area contributed by atoms with Gasteiger partial charge in [-0.3, -0.25) is 14.4 Å².